The fourth-order valence-corrected chi connectivity index (χ4v) is 4.78. The van der Waals surface area contributed by atoms with E-state index in [9.17, 15) is 12.8 Å². The van der Waals surface area contributed by atoms with Crippen LogP contribution in [0.4, 0.5) is 4.39 Å². The van der Waals surface area contributed by atoms with Gasteiger partial charge in [0.15, 0.2) is 11.6 Å². The number of piperidine rings is 1. The van der Waals surface area contributed by atoms with Gasteiger partial charge in [-0.25, -0.2) is 17.5 Å². The lowest BCUT2D eigenvalue weighted by Gasteiger charge is -2.32. The van der Waals surface area contributed by atoms with Gasteiger partial charge in [0.25, 0.3) is 0 Å². The maximum absolute atomic E-state index is 13.7. The Hall–Kier alpha value is -1.18. The molecule has 1 aromatic rings. The van der Waals surface area contributed by atoms with E-state index in [1.54, 1.807) is 0 Å². The largest absolute Gasteiger partial charge is 0.494 e. The van der Waals surface area contributed by atoms with E-state index in [1.165, 1.54) is 25.7 Å². The van der Waals surface area contributed by atoms with Gasteiger partial charge in [0, 0.05) is 18.6 Å². The molecule has 122 valence electrons. The third-order valence-corrected chi connectivity index (χ3v) is 6.08. The molecule has 3 rings (SSSR count). The summed E-state index contributed by atoms with van der Waals surface area (Å²) >= 11 is 0. The van der Waals surface area contributed by atoms with Gasteiger partial charge in [-0.15, -0.1) is 0 Å². The van der Waals surface area contributed by atoms with E-state index in [-0.39, 0.29) is 22.7 Å². The third kappa shape index (κ3) is 2.98. The number of rotatable bonds is 4. The van der Waals surface area contributed by atoms with Crippen molar-refractivity contribution in [3.05, 3.63) is 24.0 Å². The van der Waals surface area contributed by atoms with Crippen LogP contribution in [-0.2, 0) is 10.0 Å². The molecule has 2 aliphatic rings. The summed E-state index contributed by atoms with van der Waals surface area (Å²) in [5, 5.41) is 0. The molecule has 2 aliphatic heterocycles. The lowest BCUT2D eigenvalue weighted by Crippen LogP contribution is -2.46. The summed E-state index contributed by atoms with van der Waals surface area (Å²) < 4.78 is 46.3. The molecule has 0 bridgehead atoms. The molecule has 2 fully saturated rings. The number of nitrogens with one attached hydrogen (secondary N) is 1. The number of fused-ring (bicyclic) bond motifs is 1. The Morgan fingerprint density at radius 2 is 2.09 bits per heavy atom. The summed E-state index contributed by atoms with van der Waals surface area (Å²) in [6.07, 6.45) is 4.14. The molecule has 22 heavy (non-hydrogen) atoms. The molecular formula is C15H21FN2O3S. The monoisotopic (exact) mass is 328 g/mol. The SMILES string of the molecule is COc1ccc(S(=O)(=O)N[C@@H]2CCN3CCCC[C@@H]23)cc1F. The molecule has 0 spiro atoms. The second-order valence-electron chi connectivity index (χ2n) is 5.91. The zero-order valence-electron chi connectivity index (χ0n) is 12.6. The molecule has 0 unspecified atom stereocenters. The van der Waals surface area contributed by atoms with Crippen LogP contribution >= 0.6 is 0 Å². The van der Waals surface area contributed by atoms with E-state index in [0.29, 0.717) is 0 Å². The molecule has 0 amide bonds. The molecule has 0 saturated carbocycles. The van der Waals surface area contributed by atoms with Crippen LogP contribution in [0.25, 0.3) is 0 Å². The van der Waals surface area contributed by atoms with Gasteiger partial charge >= 0.3 is 0 Å². The number of ether oxygens (including phenoxy) is 1. The highest BCUT2D eigenvalue weighted by molar-refractivity contribution is 7.89. The quantitative estimate of drug-likeness (QED) is 0.915. The van der Waals surface area contributed by atoms with Gasteiger partial charge in [0.05, 0.1) is 12.0 Å². The van der Waals surface area contributed by atoms with Crippen LogP contribution in [0.2, 0.25) is 0 Å². The second-order valence-corrected chi connectivity index (χ2v) is 7.63. The number of hydrogen-bond acceptors (Lipinski definition) is 4. The standard InChI is InChI=1S/C15H21FN2O3S/c1-21-15-6-5-11(10-12(15)16)22(19,20)17-13-7-9-18-8-3-2-4-14(13)18/h5-6,10,13-14,17H,2-4,7-9H2,1H3/t13-,14+/m1/s1. The van der Waals surface area contributed by atoms with Crippen molar-refractivity contribution in [3.63, 3.8) is 0 Å². The Bertz CT molecular complexity index is 650. The molecule has 0 aromatic heterocycles. The van der Waals surface area contributed by atoms with Gasteiger partial charge < -0.3 is 4.74 Å². The molecule has 0 radical (unpaired) electrons. The first-order chi connectivity index (χ1) is 10.5. The summed E-state index contributed by atoms with van der Waals surface area (Å²) in [6.45, 7) is 1.97. The zero-order chi connectivity index (χ0) is 15.7. The number of methoxy groups -OCH3 is 1. The average Bonchev–Trinajstić information content (AvgIpc) is 2.90. The minimum atomic E-state index is -3.71. The number of benzene rings is 1. The Kier molecular flexibility index (Phi) is 4.38. The topological polar surface area (TPSA) is 58.6 Å². The highest BCUT2D eigenvalue weighted by atomic mass is 32.2. The Balaban J connectivity index is 1.77. The fraction of sp³-hybridized carbons (Fsp3) is 0.600. The van der Waals surface area contributed by atoms with Gasteiger partial charge in [0.1, 0.15) is 0 Å². The average molecular weight is 328 g/mol. The van der Waals surface area contributed by atoms with E-state index in [0.717, 1.165) is 38.4 Å². The predicted octanol–water partition coefficient (Wildman–Crippen LogP) is 1.74. The van der Waals surface area contributed by atoms with E-state index in [4.69, 9.17) is 4.74 Å². The minimum absolute atomic E-state index is 0.0401. The molecule has 1 aromatic carbocycles. The van der Waals surface area contributed by atoms with Crippen LogP contribution in [0.1, 0.15) is 25.7 Å². The lowest BCUT2D eigenvalue weighted by molar-refractivity contribution is 0.186. The summed E-state index contributed by atoms with van der Waals surface area (Å²) in [6, 6.07) is 3.90. The van der Waals surface area contributed by atoms with Crippen LogP contribution in [0.15, 0.2) is 23.1 Å². The van der Waals surface area contributed by atoms with E-state index < -0.39 is 15.8 Å². The molecular weight excluding hydrogens is 307 g/mol. The molecule has 1 N–H and O–H groups in total. The Labute approximate surface area is 130 Å². The van der Waals surface area contributed by atoms with Gasteiger partial charge in [-0.1, -0.05) is 6.42 Å². The van der Waals surface area contributed by atoms with Crippen LogP contribution in [0.5, 0.6) is 5.75 Å². The first-order valence-corrected chi connectivity index (χ1v) is 9.09. The second kappa shape index (κ2) is 6.14. The lowest BCUT2D eigenvalue weighted by atomic mass is 10.00. The molecule has 0 aliphatic carbocycles. The van der Waals surface area contributed by atoms with Crippen LogP contribution in [0.3, 0.4) is 0 Å². The van der Waals surface area contributed by atoms with Crippen molar-refractivity contribution in [3.8, 4) is 5.75 Å². The normalized spacial score (nSPS) is 25.9. The maximum Gasteiger partial charge on any atom is 0.240 e. The van der Waals surface area contributed by atoms with Crippen LogP contribution in [-0.4, -0.2) is 45.6 Å². The van der Waals surface area contributed by atoms with E-state index in [1.807, 2.05) is 0 Å². The van der Waals surface area contributed by atoms with Crippen LogP contribution in [0, 0.1) is 5.82 Å². The predicted molar refractivity (Wildman–Crippen MR) is 80.9 cm³/mol. The molecule has 7 heteroatoms. The fourth-order valence-electron chi connectivity index (χ4n) is 3.47. The van der Waals surface area contributed by atoms with Gasteiger partial charge in [-0.05, 0) is 44.0 Å². The highest BCUT2D eigenvalue weighted by Gasteiger charge is 2.37. The van der Waals surface area contributed by atoms with Crippen molar-refractivity contribution >= 4 is 10.0 Å². The molecule has 2 saturated heterocycles. The van der Waals surface area contributed by atoms with Crippen molar-refractivity contribution in [2.24, 2.45) is 0 Å². The summed E-state index contributed by atoms with van der Waals surface area (Å²) in [5.41, 5.74) is 0. The first-order valence-electron chi connectivity index (χ1n) is 7.61. The molecule has 5 nitrogen and oxygen atoms in total. The summed E-state index contributed by atoms with van der Waals surface area (Å²) in [7, 11) is -2.37. The Morgan fingerprint density at radius 3 is 2.82 bits per heavy atom. The van der Waals surface area contributed by atoms with Crippen molar-refractivity contribution < 1.29 is 17.5 Å². The number of sulfonamides is 1. The zero-order valence-corrected chi connectivity index (χ0v) is 13.4. The Morgan fingerprint density at radius 1 is 1.27 bits per heavy atom. The smallest absolute Gasteiger partial charge is 0.240 e. The van der Waals surface area contributed by atoms with E-state index in [2.05, 4.69) is 9.62 Å². The van der Waals surface area contributed by atoms with Gasteiger partial charge in [-0.3, -0.25) is 4.90 Å². The third-order valence-electron chi connectivity index (χ3n) is 4.60. The summed E-state index contributed by atoms with van der Waals surface area (Å²) in [4.78, 5) is 2.30. The van der Waals surface area contributed by atoms with Crippen molar-refractivity contribution in [1.82, 2.24) is 9.62 Å². The summed E-state index contributed by atoms with van der Waals surface area (Å²) in [5.74, 6) is -0.630. The highest BCUT2D eigenvalue weighted by Crippen LogP contribution is 2.28. The van der Waals surface area contributed by atoms with E-state index >= 15 is 0 Å². The maximum atomic E-state index is 13.7. The van der Waals surface area contributed by atoms with Gasteiger partial charge in [0.2, 0.25) is 10.0 Å². The molecule has 2 heterocycles. The number of nitrogens with zero attached hydrogens (tertiary/aromatic N) is 1. The minimum Gasteiger partial charge on any atom is -0.494 e. The van der Waals surface area contributed by atoms with Gasteiger partial charge in [-0.2, -0.15) is 0 Å². The number of halogens is 1. The number of hydrogen-bond donors (Lipinski definition) is 1. The van der Waals surface area contributed by atoms with Crippen molar-refractivity contribution in [1.29, 1.82) is 0 Å². The van der Waals surface area contributed by atoms with Crippen molar-refractivity contribution in [2.75, 3.05) is 20.2 Å². The first kappa shape index (κ1) is 15.7. The van der Waals surface area contributed by atoms with Crippen molar-refractivity contribution in [2.45, 2.75) is 42.7 Å². The van der Waals surface area contributed by atoms with Crippen LogP contribution < -0.4 is 9.46 Å². The molecule has 2 atom stereocenters.